The SMILES string of the molecule is C=C(CC)C(=O)OC=C(C)C(=O)OCCC. The Morgan fingerprint density at radius 1 is 1.25 bits per heavy atom. The lowest BCUT2D eigenvalue weighted by Crippen LogP contribution is -2.08. The van der Waals surface area contributed by atoms with Crippen LogP contribution in [0.4, 0.5) is 0 Å². The summed E-state index contributed by atoms with van der Waals surface area (Å²) in [4.78, 5) is 22.4. The molecule has 0 amide bonds. The Morgan fingerprint density at radius 2 is 1.88 bits per heavy atom. The minimum absolute atomic E-state index is 0.255. The summed E-state index contributed by atoms with van der Waals surface area (Å²) < 4.78 is 9.61. The molecule has 0 atom stereocenters. The Morgan fingerprint density at radius 3 is 2.38 bits per heavy atom. The van der Waals surface area contributed by atoms with E-state index in [1.165, 1.54) is 6.92 Å². The first-order valence-electron chi connectivity index (χ1n) is 5.25. The summed E-state index contributed by atoms with van der Waals surface area (Å²) in [6.07, 6.45) is 2.37. The summed E-state index contributed by atoms with van der Waals surface area (Å²) in [5.41, 5.74) is 0.622. The van der Waals surface area contributed by atoms with E-state index in [0.717, 1.165) is 12.7 Å². The molecule has 90 valence electrons. The minimum Gasteiger partial charge on any atom is -0.462 e. The summed E-state index contributed by atoms with van der Waals surface area (Å²) >= 11 is 0. The van der Waals surface area contributed by atoms with Crippen LogP contribution in [0.15, 0.2) is 24.0 Å². The normalized spacial score (nSPS) is 10.8. The molecule has 4 nitrogen and oxygen atoms in total. The van der Waals surface area contributed by atoms with Crippen molar-refractivity contribution in [1.82, 2.24) is 0 Å². The van der Waals surface area contributed by atoms with Crippen LogP contribution in [-0.4, -0.2) is 18.5 Å². The molecule has 0 radical (unpaired) electrons. The van der Waals surface area contributed by atoms with Crippen molar-refractivity contribution in [2.75, 3.05) is 6.61 Å². The minimum atomic E-state index is -0.523. The number of esters is 2. The number of hydrogen-bond acceptors (Lipinski definition) is 4. The summed E-state index contributed by atoms with van der Waals surface area (Å²) in [6.45, 7) is 9.12. The number of rotatable bonds is 6. The molecule has 0 aliphatic carbocycles. The lowest BCUT2D eigenvalue weighted by Gasteiger charge is -2.03. The lowest BCUT2D eigenvalue weighted by molar-refractivity contribution is -0.139. The molecular formula is C12H18O4. The molecule has 0 bridgehead atoms. The molecule has 0 N–H and O–H groups in total. The Kier molecular flexibility index (Phi) is 6.92. The van der Waals surface area contributed by atoms with Crippen molar-refractivity contribution >= 4 is 11.9 Å². The third-order valence-electron chi connectivity index (χ3n) is 1.82. The third-order valence-corrected chi connectivity index (χ3v) is 1.82. The Labute approximate surface area is 95.9 Å². The van der Waals surface area contributed by atoms with Crippen molar-refractivity contribution in [3.8, 4) is 0 Å². The van der Waals surface area contributed by atoms with Crippen LogP contribution >= 0.6 is 0 Å². The molecule has 0 unspecified atom stereocenters. The second-order valence-corrected chi connectivity index (χ2v) is 3.30. The molecule has 0 aromatic heterocycles. The van der Waals surface area contributed by atoms with Crippen molar-refractivity contribution in [2.24, 2.45) is 0 Å². The number of ether oxygens (including phenoxy) is 2. The lowest BCUT2D eigenvalue weighted by atomic mass is 10.2. The van der Waals surface area contributed by atoms with Gasteiger partial charge in [-0.15, -0.1) is 0 Å². The van der Waals surface area contributed by atoms with Crippen molar-refractivity contribution in [2.45, 2.75) is 33.6 Å². The zero-order chi connectivity index (χ0) is 12.6. The fourth-order valence-corrected chi connectivity index (χ4v) is 0.726. The van der Waals surface area contributed by atoms with E-state index in [0.29, 0.717) is 18.6 Å². The maximum absolute atomic E-state index is 11.2. The molecule has 16 heavy (non-hydrogen) atoms. The van der Waals surface area contributed by atoms with E-state index in [-0.39, 0.29) is 5.57 Å². The Bertz CT molecular complexity index is 302. The van der Waals surface area contributed by atoms with Crippen LogP contribution < -0.4 is 0 Å². The fraction of sp³-hybridized carbons (Fsp3) is 0.500. The first kappa shape index (κ1) is 14.4. The van der Waals surface area contributed by atoms with Gasteiger partial charge < -0.3 is 9.47 Å². The number of carbonyl (C=O) groups is 2. The maximum atomic E-state index is 11.2. The van der Waals surface area contributed by atoms with E-state index in [4.69, 9.17) is 9.47 Å². The fourth-order valence-electron chi connectivity index (χ4n) is 0.726. The molecule has 0 saturated carbocycles. The monoisotopic (exact) mass is 226 g/mol. The van der Waals surface area contributed by atoms with E-state index >= 15 is 0 Å². The molecule has 0 heterocycles. The highest BCUT2D eigenvalue weighted by atomic mass is 16.5. The van der Waals surface area contributed by atoms with Crippen molar-refractivity contribution < 1.29 is 19.1 Å². The number of hydrogen-bond donors (Lipinski definition) is 0. The van der Waals surface area contributed by atoms with Gasteiger partial charge in [0.05, 0.1) is 12.2 Å². The van der Waals surface area contributed by atoms with Gasteiger partial charge in [0, 0.05) is 5.57 Å². The summed E-state index contributed by atoms with van der Waals surface area (Å²) in [5.74, 6) is -0.998. The molecule has 0 aliphatic heterocycles. The van der Waals surface area contributed by atoms with E-state index in [1.54, 1.807) is 6.92 Å². The highest BCUT2D eigenvalue weighted by Crippen LogP contribution is 2.03. The third kappa shape index (κ3) is 5.34. The van der Waals surface area contributed by atoms with Gasteiger partial charge in [-0.2, -0.15) is 0 Å². The predicted molar refractivity (Wildman–Crippen MR) is 60.5 cm³/mol. The van der Waals surface area contributed by atoms with E-state index in [1.807, 2.05) is 6.92 Å². The van der Waals surface area contributed by atoms with Gasteiger partial charge >= 0.3 is 11.9 Å². The summed E-state index contributed by atoms with van der Waals surface area (Å²) in [5, 5.41) is 0. The second-order valence-electron chi connectivity index (χ2n) is 3.30. The number of carbonyl (C=O) groups excluding carboxylic acids is 2. The molecule has 0 rings (SSSR count). The predicted octanol–water partition coefficient (Wildman–Crippen LogP) is 2.35. The highest BCUT2D eigenvalue weighted by molar-refractivity contribution is 5.90. The first-order valence-corrected chi connectivity index (χ1v) is 5.25. The van der Waals surface area contributed by atoms with Gasteiger partial charge in [0.25, 0.3) is 0 Å². The van der Waals surface area contributed by atoms with Crippen LogP contribution in [0.1, 0.15) is 33.6 Å². The average Bonchev–Trinajstić information content (AvgIpc) is 2.31. The Balaban J connectivity index is 4.18. The highest BCUT2D eigenvalue weighted by Gasteiger charge is 2.08. The smallest absolute Gasteiger partial charge is 0.338 e. The molecule has 0 spiro atoms. The zero-order valence-corrected chi connectivity index (χ0v) is 10.0. The van der Waals surface area contributed by atoms with Crippen LogP contribution in [0, 0.1) is 0 Å². The summed E-state index contributed by atoms with van der Waals surface area (Å²) in [6, 6.07) is 0. The largest absolute Gasteiger partial charge is 0.462 e. The molecule has 4 heteroatoms. The van der Waals surface area contributed by atoms with Crippen LogP contribution in [0.5, 0.6) is 0 Å². The average molecular weight is 226 g/mol. The van der Waals surface area contributed by atoms with E-state index in [2.05, 4.69) is 6.58 Å². The van der Waals surface area contributed by atoms with Crippen LogP contribution in [0.25, 0.3) is 0 Å². The van der Waals surface area contributed by atoms with Crippen molar-refractivity contribution in [1.29, 1.82) is 0 Å². The molecular weight excluding hydrogens is 208 g/mol. The molecule has 0 saturated heterocycles. The molecule has 0 fully saturated rings. The van der Waals surface area contributed by atoms with E-state index < -0.39 is 11.9 Å². The first-order chi connectivity index (χ1) is 7.52. The van der Waals surface area contributed by atoms with Gasteiger partial charge in [0.2, 0.25) is 0 Å². The van der Waals surface area contributed by atoms with E-state index in [9.17, 15) is 9.59 Å². The quantitative estimate of drug-likeness (QED) is 0.396. The van der Waals surface area contributed by atoms with Gasteiger partial charge in [0.15, 0.2) is 0 Å². The van der Waals surface area contributed by atoms with Crippen LogP contribution in [0.3, 0.4) is 0 Å². The van der Waals surface area contributed by atoms with Gasteiger partial charge in [-0.1, -0.05) is 20.4 Å². The molecule has 0 aliphatic rings. The van der Waals surface area contributed by atoms with Gasteiger partial charge in [-0.25, -0.2) is 9.59 Å². The topological polar surface area (TPSA) is 52.6 Å². The van der Waals surface area contributed by atoms with Gasteiger partial charge in [0.1, 0.15) is 6.26 Å². The van der Waals surface area contributed by atoms with Crippen molar-refractivity contribution in [3.63, 3.8) is 0 Å². The maximum Gasteiger partial charge on any atom is 0.338 e. The summed E-state index contributed by atoms with van der Waals surface area (Å²) in [7, 11) is 0. The molecule has 0 aromatic carbocycles. The van der Waals surface area contributed by atoms with Gasteiger partial charge in [-0.3, -0.25) is 0 Å². The van der Waals surface area contributed by atoms with Crippen LogP contribution in [-0.2, 0) is 19.1 Å². The zero-order valence-electron chi connectivity index (χ0n) is 10.0. The molecule has 0 aromatic rings. The van der Waals surface area contributed by atoms with Gasteiger partial charge in [-0.05, 0) is 19.8 Å². The van der Waals surface area contributed by atoms with Crippen LogP contribution in [0.2, 0.25) is 0 Å². The Hall–Kier alpha value is -1.58. The standard InChI is InChI=1S/C12H18O4/c1-5-7-15-12(14)10(4)8-16-11(13)9(3)6-2/h8H,3,5-7H2,1-2,4H3. The van der Waals surface area contributed by atoms with Crippen molar-refractivity contribution in [3.05, 3.63) is 24.0 Å². The second kappa shape index (κ2) is 7.68.